The van der Waals surface area contributed by atoms with Crippen molar-refractivity contribution in [3.8, 4) is 0 Å². The average Bonchev–Trinajstić information content (AvgIpc) is 2.82. The number of ether oxygens (including phenoxy) is 2. The van der Waals surface area contributed by atoms with E-state index in [1.165, 1.54) is 15.9 Å². The number of imide groups is 1. The molecule has 0 heterocycles. The van der Waals surface area contributed by atoms with Crippen molar-refractivity contribution in [1.82, 2.24) is 0 Å². The van der Waals surface area contributed by atoms with Crippen LogP contribution >= 0.6 is 7.92 Å². The summed E-state index contributed by atoms with van der Waals surface area (Å²) in [6, 6.07) is 32.3. The third kappa shape index (κ3) is 7.43. The van der Waals surface area contributed by atoms with Crippen LogP contribution in [0.2, 0.25) is 0 Å². The van der Waals surface area contributed by atoms with Crippen LogP contribution in [-0.2, 0) is 9.47 Å². The molecule has 31 heavy (non-hydrogen) atoms. The van der Waals surface area contributed by atoms with Gasteiger partial charge in [-0.25, -0.2) is 0 Å². The Morgan fingerprint density at radius 1 is 0.677 bits per heavy atom. The van der Waals surface area contributed by atoms with Gasteiger partial charge in [0.15, 0.2) is 0 Å². The molecular weight excluding hydrogens is 411 g/mol. The van der Waals surface area contributed by atoms with E-state index < -0.39 is 20.1 Å². The fraction of sp³-hybridized carbons (Fsp3) is 0.167. The van der Waals surface area contributed by atoms with Crippen LogP contribution < -0.4 is 15.9 Å². The van der Waals surface area contributed by atoms with E-state index in [0.29, 0.717) is 0 Å². The number of carbonyl (C=O) groups is 2. The number of nitrogens with zero attached hydrogens (tertiary/aromatic N) is 2. The summed E-state index contributed by atoms with van der Waals surface area (Å²) in [6.07, 6.45) is -2.29. The van der Waals surface area contributed by atoms with E-state index in [9.17, 15) is 9.59 Å². The van der Waals surface area contributed by atoms with Crippen LogP contribution in [-0.4, -0.2) is 30.1 Å². The standard InChI is InChI=1S/C18H15P.C6H10N2O4/c1-4-10-16(11-5-1)19(17-12-6-2-7-13-17)18-14-8-3-9-15-18;1-3-11-5(9)8(7)6(10)12-4-2/h1-15H;3-4H2,1-2H3. The molecule has 2 amide bonds. The van der Waals surface area contributed by atoms with Crippen molar-refractivity contribution < 1.29 is 23.8 Å². The minimum Gasteiger partial charge on any atom is -0.481 e. The zero-order valence-electron chi connectivity index (χ0n) is 17.5. The Bertz CT molecular complexity index is 853. The normalized spacial score (nSPS) is 9.90. The quantitative estimate of drug-likeness (QED) is 0.328. The third-order valence-corrected chi connectivity index (χ3v) is 6.37. The number of benzene rings is 3. The first kappa shape index (κ1) is 23.9. The van der Waals surface area contributed by atoms with Gasteiger partial charge >= 0.3 is 12.2 Å². The zero-order chi connectivity index (χ0) is 22.5. The van der Waals surface area contributed by atoms with Crippen LogP contribution in [0, 0.1) is 0 Å². The highest BCUT2D eigenvalue weighted by Crippen LogP contribution is 2.32. The van der Waals surface area contributed by atoms with E-state index in [1.807, 2.05) is 0 Å². The second kappa shape index (κ2) is 13.0. The Morgan fingerprint density at radius 3 is 1.23 bits per heavy atom. The van der Waals surface area contributed by atoms with E-state index in [1.54, 1.807) is 13.8 Å². The Hall–Kier alpha value is -3.37. The van der Waals surface area contributed by atoms with E-state index in [2.05, 4.69) is 100 Å². The molecule has 0 fully saturated rings. The van der Waals surface area contributed by atoms with E-state index in [-0.39, 0.29) is 17.9 Å². The molecule has 0 radical (unpaired) electrons. The second-order valence-electron chi connectivity index (χ2n) is 6.05. The lowest BCUT2D eigenvalue weighted by atomic mass is 10.4. The maximum Gasteiger partial charge on any atom is 0.596 e. The minimum absolute atomic E-state index is 0.0787. The molecule has 0 saturated carbocycles. The Labute approximate surface area is 183 Å². The van der Waals surface area contributed by atoms with Crippen molar-refractivity contribution in [2.75, 3.05) is 13.2 Å². The van der Waals surface area contributed by atoms with Crippen LogP contribution in [0.1, 0.15) is 13.8 Å². The van der Waals surface area contributed by atoms with Gasteiger partial charge in [-0.05, 0) is 37.7 Å². The summed E-state index contributed by atoms with van der Waals surface area (Å²) in [5, 5.41) is 4.19. The molecule has 0 spiro atoms. The van der Waals surface area contributed by atoms with Gasteiger partial charge in [-0.3, -0.25) is 0 Å². The Morgan fingerprint density at radius 2 is 0.968 bits per heavy atom. The van der Waals surface area contributed by atoms with Crippen molar-refractivity contribution in [3.05, 3.63) is 96.5 Å². The summed E-state index contributed by atoms with van der Waals surface area (Å²) in [7, 11) is -0.446. The van der Waals surface area contributed by atoms with Gasteiger partial charge in [-0.2, -0.15) is 9.59 Å². The van der Waals surface area contributed by atoms with E-state index in [4.69, 9.17) is 5.53 Å². The Kier molecular flexibility index (Phi) is 10.1. The summed E-state index contributed by atoms with van der Waals surface area (Å²) in [5.41, 5.74) is 8.73. The maximum atomic E-state index is 10.6. The SMILES string of the molecule is CCOC(=O)[N+](=[N-])C(=O)OCC.c1ccc(P(c2ccccc2)c2ccccc2)cc1. The molecule has 0 aliphatic rings. The first-order chi connectivity index (χ1) is 15.1. The third-order valence-electron chi connectivity index (χ3n) is 3.92. The van der Waals surface area contributed by atoms with Crippen LogP contribution in [0.25, 0.3) is 5.53 Å². The van der Waals surface area contributed by atoms with Crippen molar-refractivity contribution in [1.29, 1.82) is 0 Å². The Balaban J connectivity index is 0.000000248. The van der Waals surface area contributed by atoms with Crippen molar-refractivity contribution >= 4 is 36.0 Å². The average molecular weight is 436 g/mol. The fourth-order valence-electron chi connectivity index (χ4n) is 2.62. The van der Waals surface area contributed by atoms with Crippen LogP contribution in [0.4, 0.5) is 9.59 Å². The first-order valence-corrected chi connectivity index (χ1v) is 11.2. The number of hydrogen-bond donors (Lipinski definition) is 0. The molecule has 3 rings (SSSR count). The van der Waals surface area contributed by atoms with Gasteiger partial charge in [0, 0.05) is 0 Å². The lowest BCUT2D eigenvalue weighted by molar-refractivity contribution is -0.389. The van der Waals surface area contributed by atoms with Crippen LogP contribution in [0.5, 0.6) is 0 Å². The highest BCUT2D eigenvalue weighted by Gasteiger charge is 2.23. The van der Waals surface area contributed by atoms with Gasteiger partial charge < -0.3 is 15.0 Å². The van der Waals surface area contributed by atoms with Gasteiger partial charge in [0.05, 0.1) is 13.2 Å². The molecule has 0 aliphatic carbocycles. The summed E-state index contributed by atoms with van der Waals surface area (Å²) in [4.78, 5) is 21.2. The largest absolute Gasteiger partial charge is 0.596 e. The molecule has 0 N–H and O–H groups in total. The van der Waals surface area contributed by atoms with Crippen LogP contribution in [0.15, 0.2) is 91.0 Å². The summed E-state index contributed by atoms with van der Waals surface area (Å²) in [6.45, 7) is 3.26. The fourth-order valence-corrected chi connectivity index (χ4v) is 4.93. The molecule has 3 aromatic rings. The van der Waals surface area contributed by atoms with Gasteiger partial charge in [-0.15, -0.1) is 4.70 Å². The minimum atomic E-state index is -1.14. The molecule has 3 aromatic carbocycles. The maximum absolute atomic E-state index is 10.6. The van der Waals surface area contributed by atoms with Crippen molar-refractivity contribution in [2.45, 2.75) is 13.8 Å². The monoisotopic (exact) mass is 436 g/mol. The van der Waals surface area contributed by atoms with Crippen LogP contribution in [0.3, 0.4) is 0 Å². The molecule has 0 aliphatic heterocycles. The molecule has 7 heteroatoms. The molecular formula is C24H25N2O4P. The smallest absolute Gasteiger partial charge is 0.481 e. The second-order valence-corrected chi connectivity index (χ2v) is 8.27. The van der Waals surface area contributed by atoms with Gasteiger partial charge in [0.2, 0.25) is 0 Å². The first-order valence-electron chi connectivity index (χ1n) is 9.86. The molecule has 0 atom stereocenters. The molecule has 0 aromatic heterocycles. The lowest BCUT2D eigenvalue weighted by Gasteiger charge is -2.18. The lowest BCUT2D eigenvalue weighted by Crippen LogP contribution is -2.26. The van der Waals surface area contributed by atoms with E-state index >= 15 is 0 Å². The number of hydrogen-bond acceptors (Lipinski definition) is 4. The zero-order valence-corrected chi connectivity index (χ0v) is 18.4. The molecule has 0 bridgehead atoms. The van der Waals surface area contributed by atoms with Crippen molar-refractivity contribution in [3.63, 3.8) is 0 Å². The molecule has 160 valence electrons. The van der Waals surface area contributed by atoms with E-state index in [0.717, 1.165) is 0 Å². The summed E-state index contributed by atoms with van der Waals surface area (Å²) >= 11 is 0. The molecule has 6 nitrogen and oxygen atoms in total. The molecule has 0 unspecified atom stereocenters. The highest BCUT2D eigenvalue weighted by atomic mass is 31.1. The number of carbonyl (C=O) groups excluding carboxylic acids is 2. The predicted octanol–water partition coefficient (Wildman–Crippen LogP) is 4.78. The van der Waals surface area contributed by atoms with Gasteiger partial charge in [-0.1, -0.05) is 91.0 Å². The predicted molar refractivity (Wildman–Crippen MR) is 123 cm³/mol. The summed E-state index contributed by atoms with van der Waals surface area (Å²) in [5.74, 6) is 0. The highest BCUT2D eigenvalue weighted by molar-refractivity contribution is 7.79. The molecule has 0 saturated heterocycles. The van der Waals surface area contributed by atoms with Gasteiger partial charge in [0.1, 0.15) is 0 Å². The topological polar surface area (TPSA) is 77.9 Å². The number of amides is 2. The number of rotatable bonds is 5. The summed E-state index contributed by atoms with van der Waals surface area (Å²) < 4.78 is 8.40. The van der Waals surface area contributed by atoms with Crippen molar-refractivity contribution in [2.24, 2.45) is 0 Å². The van der Waals surface area contributed by atoms with Gasteiger partial charge in [0.25, 0.3) is 0 Å².